The van der Waals surface area contributed by atoms with E-state index in [0.29, 0.717) is 12.1 Å². The first kappa shape index (κ1) is 19.2. The molecule has 1 aliphatic rings. The average Bonchev–Trinajstić information content (AvgIpc) is 2.87. The Bertz CT molecular complexity index is 1110. The topological polar surface area (TPSA) is 95.7 Å². The lowest BCUT2D eigenvalue weighted by atomic mass is 10.0. The van der Waals surface area contributed by atoms with Crippen molar-refractivity contribution in [1.82, 2.24) is 0 Å². The predicted molar refractivity (Wildman–Crippen MR) is 91.6 cm³/mol. The first-order valence-corrected chi connectivity index (χ1v) is 9.47. The molecule has 1 atom stereocenters. The Hall–Kier alpha value is -3.08. The number of benzene rings is 2. The van der Waals surface area contributed by atoms with Gasteiger partial charge in [0.25, 0.3) is 0 Å². The summed E-state index contributed by atoms with van der Waals surface area (Å²) in [6, 6.07) is 7.42. The number of ketones is 1. The minimum Gasteiger partial charge on any atom is -0.460 e. The van der Waals surface area contributed by atoms with E-state index in [1.54, 1.807) is 0 Å². The van der Waals surface area contributed by atoms with E-state index in [1.807, 2.05) is 0 Å². The number of nitrogens with two attached hydrogens (primary N) is 1. The zero-order valence-corrected chi connectivity index (χ0v) is 15.2. The molecule has 0 saturated carbocycles. The fourth-order valence-corrected chi connectivity index (χ4v) is 3.51. The summed E-state index contributed by atoms with van der Waals surface area (Å²) in [5.41, 5.74) is 4.33. The van der Waals surface area contributed by atoms with E-state index in [9.17, 15) is 30.8 Å². The molecule has 0 unspecified atom stereocenters. The number of halogens is 4. The minimum absolute atomic E-state index is 0.154. The summed E-state index contributed by atoms with van der Waals surface area (Å²) in [4.78, 5) is 12.6. The van der Waals surface area contributed by atoms with Gasteiger partial charge in [0.15, 0.2) is 6.08 Å². The molecule has 3 rings (SSSR count). The molecule has 0 saturated heterocycles. The van der Waals surface area contributed by atoms with Crippen LogP contribution in [0.4, 0.5) is 17.6 Å². The van der Waals surface area contributed by atoms with Crippen LogP contribution in [0.25, 0.3) is 0 Å². The lowest BCUT2D eigenvalue weighted by molar-refractivity contribution is -0.137. The van der Waals surface area contributed by atoms with E-state index in [4.69, 9.17) is 16.0 Å². The lowest BCUT2D eigenvalue weighted by Crippen LogP contribution is -2.16. The summed E-state index contributed by atoms with van der Waals surface area (Å²) in [5.74, 6) is -4.39. The van der Waals surface area contributed by atoms with Crippen molar-refractivity contribution in [3.63, 3.8) is 0 Å². The third kappa shape index (κ3) is 4.67. The highest BCUT2D eigenvalue weighted by Gasteiger charge is 2.40. The van der Waals surface area contributed by atoms with Crippen molar-refractivity contribution in [2.24, 2.45) is 5.73 Å². The number of Topliss-reactive ketones (excluding diaryl/α,β-unsaturated/α-hetero) is 1. The molecular formula is C18H13F4NO5S. The van der Waals surface area contributed by atoms with Gasteiger partial charge in [0, 0.05) is 5.56 Å². The molecule has 29 heavy (non-hydrogen) atoms. The molecule has 0 aliphatic carbocycles. The summed E-state index contributed by atoms with van der Waals surface area (Å²) in [5, 5.41) is 0. The Labute approximate surface area is 164 Å². The number of carbonyl (C=O) groups excluding carboxylic acids is 1. The Morgan fingerprint density at radius 1 is 1.10 bits per heavy atom. The fourth-order valence-electron chi connectivity index (χ4n) is 2.44. The standard InChI is InChI=1S/C18H13F4NO5S/c19-13-7-1-10(2-8-13)9-29(25,26)28-16-14(24)15(27-17(16)23)11-3-5-12(6-4-11)18(20,21)22/h1-8,15H,9,23H2/t15-/m0/s1/i15D. The Morgan fingerprint density at radius 2 is 1.69 bits per heavy atom. The van der Waals surface area contributed by atoms with Crippen LogP contribution in [0.15, 0.2) is 60.2 Å². The minimum atomic E-state index is -4.63. The normalized spacial score (nSPS) is 20.4. The van der Waals surface area contributed by atoms with Crippen LogP contribution in [0.3, 0.4) is 0 Å². The van der Waals surface area contributed by atoms with E-state index < -0.39 is 56.9 Å². The van der Waals surface area contributed by atoms with Crippen molar-refractivity contribution in [3.8, 4) is 0 Å². The van der Waals surface area contributed by atoms with Crippen LogP contribution < -0.4 is 5.73 Å². The van der Waals surface area contributed by atoms with Gasteiger partial charge >= 0.3 is 16.3 Å². The second-order valence-electron chi connectivity index (χ2n) is 5.94. The van der Waals surface area contributed by atoms with Crippen LogP contribution in [0.5, 0.6) is 0 Å². The monoisotopic (exact) mass is 432 g/mol. The van der Waals surface area contributed by atoms with Crippen LogP contribution in [0.2, 0.25) is 0 Å². The van der Waals surface area contributed by atoms with E-state index in [0.717, 1.165) is 24.3 Å². The van der Waals surface area contributed by atoms with E-state index >= 15 is 0 Å². The molecule has 2 aromatic rings. The molecule has 0 fully saturated rings. The van der Waals surface area contributed by atoms with Gasteiger partial charge < -0.3 is 14.7 Å². The number of rotatable bonds is 5. The van der Waals surface area contributed by atoms with Crippen LogP contribution in [0, 0.1) is 5.82 Å². The van der Waals surface area contributed by atoms with Gasteiger partial charge in [0.2, 0.25) is 17.4 Å². The zero-order chi connectivity index (χ0) is 22.3. The van der Waals surface area contributed by atoms with Gasteiger partial charge in [0.05, 0.1) is 6.93 Å². The first-order chi connectivity index (χ1) is 13.8. The van der Waals surface area contributed by atoms with Crippen molar-refractivity contribution in [2.75, 3.05) is 0 Å². The summed E-state index contributed by atoms with van der Waals surface area (Å²) >= 11 is 0. The average molecular weight is 432 g/mol. The second kappa shape index (κ2) is 7.39. The number of alkyl halides is 3. The largest absolute Gasteiger partial charge is 0.460 e. The molecule has 0 bridgehead atoms. The van der Waals surface area contributed by atoms with Gasteiger partial charge in [-0.2, -0.15) is 21.6 Å². The SMILES string of the molecule is [2H][C@@]1(c2ccc(C(F)(F)F)cc2)OC(N)=C(OS(=O)(=O)Cc2ccc(F)cc2)C1=O. The molecule has 0 aromatic heterocycles. The van der Waals surface area contributed by atoms with E-state index in [2.05, 4.69) is 0 Å². The molecular weight excluding hydrogens is 418 g/mol. The van der Waals surface area contributed by atoms with Crippen molar-refractivity contribution < 1.29 is 41.1 Å². The van der Waals surface area contributed by atoms with Crippen molar-refractivity contribution in [1.29, 1.82) is 0 Å². The van der Waals surface area contributed by atoms with Crippen molar-refractivity contribution >= 4 is 15.9 Å². The predicted octanol–water partition coefficient (Wildman–Crippen LogP) is 3.16. The van der Waals surface area contributed by atoms with Crippen LogP contribution in [-0.4, -0.2) is 14.2 Å². The third-order valence-corrected chi connectivity index (χ3v) is 4.90. The van der Waals surface area contributed by atoms with Gasteiger partial charge in [-0.25, -0.2) is 4.39 Å². The molecule has 2 aromatic carbocycles. The second-order valence-corrected chi connectivity index (χ2v) is 7.51. The molecule has 2 N–H and O–H groups in total. The fraction of sp³-hybridized carbons (Fsp3) is 0.167. The first-order valence-electron chi connectivity index (χ1n) is 8.40. The number of carbonyl (C=O) groups is 1. The Balaban J connectivity index is 1.81. The van der Waals surface area contributed by atoms with Crippen LogP contribution in [-0.2, 0) is 35.8 Å². The molecule has 11 heteroatoms. The maximum atomic E-state index is 12.9. The van der Waals surface area contributed by atoms with Gasteiger partial charge in [0.1, 0.15) is 11.6 Å². The van der Waals surface area contributed by atoms with Crippen molar-refractivity contribution in [3.05, 3.63) is 82.7 Å². The summed E-state index contributed by atoms with van der Waals surface area (Å²) < 4.78 is 93.3. The van der Waals surface area contributed by atoms with Gasteiger partial charge in [-0.1, -0.05) is 24.3 Å². The maximum absolute atomic E-state index is 12.9. The Morgan fingerprint density at radius 3 is 2.24 bits per heavy atom. The number of ether oxygens (including phenoxy) is 1. The zero-order valence-electron chi connectivity index (χ0n) is 15.4. The number of hydrogen-bond acceptors (Lipinski definition) is 6. The van der Waals surface area contributed by atoms with Gasteiger partial charge in [-0.15, -0.1) is 0 Å². The van der Waals surface area contributed by atoms with E-state index in [1.165, 1.54) is 12.1 Å². The maximum Gasteiger partial charge on any atom is 0.416 e. The van der Waals surface area contributed by atoms with Gasteiger partial charge in [-0.3, -0.25) is 4.79 Å². The van der Waals surface area contributed by atoms with E-state index in [-0.39, 0.29) is 11.1 Å². The molecule has 0 spiro atoms. The molecule has 154 valence electrons. The third-order valence-electron chi connectivity index (χ3n) is 3.79. The van der Waals surface area contributed by atoms with Gasteiger partial charge in [-0.05, 0) is 29.8 Å². The molecule has 6 nitrogen and oxygen atoms in total. The molecule has 1 aliphatic heterocycles. The van der Waals surface area contributed by atoms with Crippen LogP contribution >= 0.6 is 0 Å². The summed E-state index contributed by atoms with van der Waals surface area (Å²) in [6.07, 6.45) is -7.25. The highest BCUT2D eigenvalue weighted by atomic mass is 32.2. The smallest absolute Gasteiger partial charge is 0.416 e. The number of hydrogen-bond donors (Lipinski definition) is 1. The lowest BCUT2D eigenvalue weighted by Gasteiger charge is -2.12. The Kier molecular flexibility index (Phi) is 4.91. The highest BCUT2D eigenvalue weighted by molar-refractivity contribution is 7.86. The molecule has 0 radical (unpaired) electrons. The van der Waals surface area contributed by atoms with Crippen molar-refractivity contribution in [2.45, 2.75) is 18.0 Å². The highest BCUT2D eigenvalue weighted by Crippen LogP contribution is 2.35. The quantitative estimate of drug-likeness (QED) is 0.576. The molecule has 0 amide bonds. The van der Waals surface area contributed by atoms with Crippen LogP contribution in [0.1, 0.15) is 24.1 Å². The molecule has 1 heterocycles. The summed E-state index contributed by atoms with van der Waals surface area (Å²) in [6.45, 7) is 0. The summed E-state index contributed by atoms with van der Waals surface area (Å²) in [7, 11) is -4.45.